The van der Waals surface area contributed by atoms with Gasteiger partial charge >= 0.3 is 6.03 Å². The van der Waals surface area contributed by atoms with Crippen LogP contribution in [0.1, 0.15) is 43.7 Å². The van der Waals surface area contributed by atoms with Gasteiger partial charge in [0.25, 0.3) is 0 Å². The summed E-state index contributed by atoms with van der Waals surface area (Å²) in [5.74, 6) is 0.446. The zero-order valence-corrected chi connectivity index (χ0v) is 13.5. The van der Waals surface area contributed by atoms with Crippen LogP contribution in [0.2, 0.25) is 0 Å². The number of benzene rings is 1. The lowest BCUT2D eigenvalue weighted by atomic mass is 9.78. The van der Waals surface area contributed by atoms with E-state index in [1.54, 1.807) is 0 Å². The molecule has 23 heavy (non-hydrogen) atoms. The Hall–Kier alpha value is -1.81. The fourth-order valence-corrected chi connectivity index (χ4v) is 4.32. The Kier molecular flexibility index (Phi) is 4.08. The minimum absolute atomic E-state index is 0.0808. The normalized spacial score (nSPS) is 31.6. The van der Waals surface area contributed by atoms with Crippen LogP contribution in [0.4, 0.5) is 4.79 Å². The standard InChI is InChI=1S/C19H25N3O/c23-19-20-17-12-6-5-11-16(17)18(15-9-3-1-4-10-15)22(19)21-13-7-2-8-14-21/h1,3-6,9-10,16-18H,2,7-8,11-14H2,(H,20,23). The third-order valence-corrected chi connectivity index (χ3v) is 5.45. The van der Waals surface area contributed by atoms with E-state index in [1.165, 1.54) is 24.8 Å². The summed E-state index contributed by atoms with van der Waals surface area (Å²) >= 11 is 0. The minimum atomic E-state index is 0.0808. The molecule has 2 heterocycles. The summed E-state index contributed by atoms with van der Waals surface area (Å²) in [6.07, 6.45) is 10.1. The van der Waals surface area contributed by atoms with Gasteiger partial charge in [-0.05, 0) is 31.2 Å². The summed E-state index contributed by atoms with van der Waals surface area (Å²) in [5.41, 5.74) is 1.26. The van der Waals surface area contributed by atoms with Gasteiger partial charge in [-0.15, -0.1) is 0 Å². The summed E-state index contributed by atoms with van der Waals surface area (Å²) in [6, 6.07) is 11.1. The molecule has 3 aliphatic rings. The van der Waals surface area contributed by atoms with Crippen LogP contribution >= 0.6 is 0 Å². The number of piperidine rings is 1. The Morgan fingerprint density at radius 1 is 0.957 bits per heavy atom. The Morgan fingerprint density at radius 3 is 2.48 bits per heavy atom. The van der Waals surface area contributed by atoms with E-state index in [2.05, 4.69) is 52.8 Å². The van der Waals surface area contributed by atoms with E-state index < -0.39 is 0 Å². The molecule has 4 heteroatoms. The molecule has 1 N–H and O–H groups in total. The number of fused-ring (bicyclic) bond motifs is 1. The van der Waals surface area contributed by atoms with Gasteiger partial charge in [0.15, 0.2) is 0 Å². The predicted octanol–water partition coefficient (Wildman–Crippen LogP) is 3.49. The van der Waals surface area contributed by atoms with Crippen LogP contribution < -0.4 is 5.32 Å². The number of hydrazine groups is 1. The first-order chi connectivity index (χ1) is 11.3. The first-order valence-corrected chi connectivity index (χ1v) is 8.89. The SMILES string of the molecule is O=C1NC2CC=CCC2C(c2ccccc2)N1N1CCCCC1. The van der Waals surface area contributed by atoms with Crippen LogP contribution in [-0.4, -0.2) is 35.2 Å². The molecule has 1 aromatic carbocycles. The maximum atomic E-state index is 12.9. The molecule has 122 valence electrons. The van der Waals surface area contributed by atoms with Gasteiger partial charge in [0.05, 0.1) is 6.04 Å². The quantitative estimate of drug-likeness (QED) is 0.849. The Labute approximate surface area is 138 Å². The Balaban J connectivity index is 1.71. The summed E-state index contributed by atoms with van der Waals surface area (Å²) in [4.78, 5) is 12.9. The van der Waals surface area contributed by atoms with Crippen molar-refractivity contribution in [1.82, 2.24) is 15.3 Å². The van der Waals surface area contributed by atoms with Crippen LogP contribution in [0.25, 0.3) is 0 Å². The molecular weight excluding hydrogens is 286 g/mol. The van der Waals surface area contributed by atoms with Gasteiger partial charge < -0.3 is 5.32 Å². The Morgan fingerprint density at radius 2 is 1.70 bits per heavy atom. The van der Waals surface area contributed by atoms with Crippen molar-refractivity contribution in [2.45, 2.75) is 44.2 Å². The van der Waals surface area contributed by atoms with E-state index >= 15 is 0 Å². The fourth-order valence-electron chi connectivity index (χ4n) is 4.32. The topological polar surface area (TPSA) is 35.6 Å². The van der Waals surface area contributed by atoms with Crippen molar-refractivity contribution >= 4 is 6.03 Å². The van der Waals surface area contributed by atoms with Gasteiger partial charge in [-0.25, -0.2) is 14.8 Å². The molecule has 4 rings (SSSR count). The van der Waals surface area contributed by atoms with Gasteiger partial charge in [0.1, 0.15) is 0 Å². The highest BCUT2D eigenvalue weighted by Crippen LogP contribution is 2.40. The maximum Gasteiger partial charge on any atom is 0.332 e. The summed E-state index contributed by atoms with van der Waals surface area (Å²) in [7, 11) is 0. The van der Waals surface area contributed by atoms with Crippen molar-refractivity contribution in [2.75, 3.05) is 13.1 Å². The number of carbonyl (C=O) groups is 1. The molecular formula is C19H25N3O. The van der Waals surface area contributed by atoms with Crippen molar-refractivity contribution in [1.29, 1.82) is 0 Å². The summed E-state index contributed by atoms with van der Waals surface area (Å²) < 4.78 is 0. The van der Waals surface area contributed by atoms with Crippen molar-refractivity contribution in [3.8, 4) is 0 Å². The molecule has 2 amide bonds. The van der Waals surface area contributed by atoms with Gasteiger partial charge in [-0.3, -0.25) is 0 Å². The molecule has 1 aromatic rings. The first-order valence-electron chi connectivity index (χ1n) is 8.89. The van der Waals surface area contributed by atoms with Crippen molar-refractivity contribution in [3.63, 3.8) is 0 Å². The molecule has 0 spiro atoms. The molecule has 3 unspecified atom stereocenters. The molecule has 1 aliphatic carbocycles. The second-order valence-corrected chi connectivity index (χ2v) is 6.88. The molecule has 4 nitrogen and oxygen atoms in total. The van der Waals surface area contributed by atoms with E-state index in [9.17, 15) is 4.79 Å². The van der Waals surface area contributed by atoms with E-state index in [4.69, 9.17) is 0 Å². The van der Waals surface area contributed by atoms with Gasteiger partial charge in [-0.1, -0.05) is 48.9 Å². The van der Waals surface area contributed by atoms with Crippen molar-refractivity contribution in [3.05, 3.63) is 48.0 Å². The third kappa shape index (κ3) is 2.76. The molecule has 2 fully saturated rings. The maximum absolute atomic E-state index is 12.9. The van der Waals surface area contributed by atoms with Gasteiger partial charge in [0, 0.05) is 25.0 Å². The zero-order valence-electron chi connectivity index (χ0n) is 13.5. The van der Waals surface area contributed by atoms with E-state index in [-0.39, 0.29) is 18.1 Å². The highest BCUT2D eigenvalue weighted by molar-refractivity contribution is 5.76. The largest absolute Gasteiger partial charge is 0.333 e. The number of rotatable bonds is 2. The van der Waals surface area contributed by atoms with E-state index in [0.717, 1.165) is 25.9 Å². The third-order valence-electron chi connectivity index (χ3n) is 5.45. The number of nitrogens with zero attached hydrogens (tertiary/aromatic N) is 2. The number of hydrogen-bond acceptors (Lipinski definition) is 2. The van der Waals surface area contributed by atoms with Crippen molar-refractivity contribution < 1.29 is 4.79 Å². The van der Waals surface area contributed by atoms with Crippen LogP contribution in [0.5, 0.6) is 0 Å². The second-order valence-electron chi connectivity index (χ2n) is 6.88. The molecule has 0 bridgehead atoms. The van der Waals surface area contributed by atoms with Gasteiger partial charge in [0.2, 0.25) is 0 Å². The van der Waals surface area contributed by atoms with Gasteiger partial charge in [-0.2, -0.15) is 0 Å². The smallest absolute Gasteiger partial charge is 0.332 e. The molecule has 0 aromatic heterocycles. The first kappa shape index (κ1) is 14.8. The lowest BCUT2D eigenvalue weighted by molar-refractivity contribution is -0.0716. The number of carbonyl (C=O) groups excluding carboxylic acids is 1. The molecule has 2 aliphatic heterocycles. The number of hydrogen-bond donors (Lipinski definition) is 1. The number of nitrogens with one attached hydrogen (secondary N) is 1. The highest BCUT2D eigenvalue weighted by atomic mass is 16.2. The zero-order chi connectivity index (χ0) is 15.6. The fraction of sp³-hybridized carbons (Fsp3) is 0.526. The lowest BCUT2D eigenvalue weighted by Crippen LogP contribution is -2.63. The molecule has 0 radical (unpaired) electrons. The summed E-state index contributed by atoms with van der Waals surface area (Å²) in [6.45, 7) is 1.98. The van der Waals surface area contributed by atoms with E-state index in [0.29, 0.717) is 5.92 Å². The van der Waals surface area contributed by atoms with E-state index in [1.807, 2.05) is 5.01 Å². The monoisotopic (exact) mass is 311 g/mol. The average Bonchev–Trinajstić information content (AvgIpc) is 2.62. The summed E-state index contributed by atoms with van der Waals surface area (Å²) in [5, 5.41) is 7.58. The highest BCUT2D eigenvalue weighted by Gasteiger charge is 2.44. The molecule has 0 saturated carbocycles. The number of allylic oxidation sites excluding steroid dienone is 1. The predicted molar refractivity (Wildman–Crippen MR) is 90.6 cm³/mol. The number of amides is 2. The minimum Gasteiger partial charge on any atom is -0.333 e. The Bertz CT molecular complexity index is 580. The molecule has 3 atom stereocenters. The van der Waals surface area contributed by atoms with Crippen LogP contribution in [0, 0.1) is 5.92 Å². The number of urea groups is 1. The average molecular weight is 311 g/mol. The van der Waals surface area contributed by atoms with Crippen LogP contribution in [-0.2, 0) is 0 Å². The second kappa shape index (κ2) is 6.36. The lowest BCUT2D eigenvalue weighted by Gasteiger charge is -2.51. The van der Waals surface area contributed by atoms with Crippen molar-refractivity contribution in [2.24, 2.45) is 5.92 Å². The molecule has 2 saturated heterocycles. The van der Waals surface area contributed by atoms with Crippen LogP contribution in [0.15, 0.2) is 42.5 Å². The van der Waals surface area contributed by atoms with Crippen LogP contribution in [0.3, 0.4) is 0 Å².